The van der Waals surface area contributed by atoms with Crippen LogP contribution in [0.2, 0.25) is 0 Å². The molecule has 1 atom stereocenters. The lowest BCUT2D eigenvalue weighted by atomic mass is 10.1. The molecular formula is C19H24O5. The third-order valence-electron chi connectivity index (χ3n) is 2.71. The Bertz CT molecular complexity index is 607. The van der Waals surface area contributed by atoms with Crippen molar-refractivity contribution in [3.63, 3.8) is 0 Å². The SMILES string of the molecule is CC(=O)OCC(=CC=O)C(CC=C(C)C#CC=C(C)C)OC(C)=O. The molecule has 0 radical (unpaired) electrons. The van der Waals surface area contributed by atoms with Crippen LogP contribution in [0, 0.1) is 11.8 Å². The number of ether oxygens (including phenoxy) is 2. The Kier molecular flexibility index (Phi) is 10.6. The van der Waals surface area contributed by atoms with E-state index in [9.17, 15) is 14.4 Å². The number of allylic oxidation sites excluding steroid dienone is 4. The summed E-state index contributed by atoms with van der Waals surface area (Å²) in [6.45, 7) is 8.19. The highest BCUT2D eigenvalue weighted by Crippen LogP contribution is 2.14. The van der Waals surface area contributed by atoms with E-state index in [0.717, 1.165) is 11.1 Å². The van der Waals surface area contributed by atoms with Crippen LogP contribution in [-0.4, -0.2) is 30.9 Å². The minimum Gasteiger partial charge on any atom is -0.461 e. The summed E-state index contributed by atoms with van der Waals surface area (Å²) in [5.74, 6) is 4.92. The zero-order chi connectivity index (χ0) is 18.5. The second-order valence-corrected chi connectivity index (χ2v) is 5.37. The highest BCUT2D eigenvalue weighted by Gasteiger charge is 2.17. The Labute approximate surface area is 143 Å². The van der Waals surface area contributed by atoms with E-state index in [4.69, 9.17) is 9.47 Å². The average molecular weight is 332 g/mol. The molecule has 0 fully saturated rings. The Hall–Kier alpha value is -2.61. The molecule has 0 aromatic carbocycles. The molecule has 5 nitrogen and oxygen atoms in total. The zero-order valence-corrected chi connectivity index (χ0v) is 14.8. The molecule has 0 rings (SSSR count). The lowest BCUT2D eigenvalue weighted by molar-refractivity contribution is -0.145. The molecule has 0 aliphatic heterocycles. The van der Waals surface area contributed by atoms with Crippen molar-refractivity contribution in [3.05, 3.63) is 34.9 Å². The van der Waals surface area contributed by atoms with E-state index in [1.807, 2.05) is 26.8 Å². The van der Waals surface area contributed by atoms with Crippen LogP contribution in [0.4, 0.5) is 0 Å². The molecule has 0 amide bonds. The van der Waals surface area contributed by atoms with Crippen molar-refractivity contribution in [1.29, 1.82) is 0 Å². The van der Waals surface area contributed by atoms with Crippen molar-refractivity contribution < 1.29 is 23.9 Å². The molecule has 0 spiro atoms. The molecule has 0 aromatic rings. The fourth-order valence-electron chi connectivity index (χ4n) is 1.63. The predicted molar refractivity (Wildman–Crippen MR) is 91.9 cm³/mol. The number of rotatable bonds is 7. The van der Waals surface area contributed by atoms with Crippen LogP contribution < -0.4 is 0 Å². The van der Waals surface area contributed by atoms with Gasteiger partial charge in [0.15, 0.2) is 0 Å². The van der Waals surface area contributed by atoms with Gasteiger partial charge < -0.3 is 9.47 Å². The molecule has 0 bridgehead atoms. The second-order valence-electron chi connectivity index (χ2n) is 5.37. The maximum atomic E-state index is 11.3. The van der Waals surface area contributed by atoms with Crippen LogP contribution in [0.3, 0.4) is 0 Å². The number of esters is 2. The maximum Gasteiger partial charge on any atom is 0.303 e. The Morgan fingerprint density at radius 3 is 2.25 bits per heavy atom. The third-order valence-corrected chi connectivity index (χ3v) is 2.71. The first-order valence-electron chi connectivity index (χ1n) is 7.52. The van der Waals surface area contributed by atoms with Gasteiger partial charge in [-0.3, -0.25) is 14.4 Å². The minimum absolute atomic E-state index is 0.109. The van der Waals surface area contributed by atoms with Gasteiger partial charge in [-0.25, -0.2) is 0 Å². The monoisotopic (exact) mass is 332 g/mol. The summed E-state index contributed by atoms with van der Waals surface area (Å²) >= 11 is 0. The summed E-state index contributed by atoms with van der Waals surface area (Å²) < 4.78 is 10.1. The van der Waals surface area contributed by atoms with Crippen LogP contribution in [0.15, 0.2) is 34.9 Å². The van der Waals surface area contributed by atoms with E-state index >= 15 is 0 Å². The van der Waals surface area contributed by atoms with Crippen molar-refractivity contribution in [2.24, 2.45) is 0 Å². The summed E-state index contributed by atoms with van der Waals surface area (Å²) in [4.78, 5) is 33.0. The molecule has 0 saturated carbocycles. The molecule has 5 heteroatoms. The third kappa shape index (κ3) is 11.0. The van der Waals surface area contributed by atoms with Gasteiger partial charge in [0, 0.05) is 25.8 Å². The number of carbonyl (C=O) groups is 3. The van der Waals surface area contributed by atoms with E-state index < -0.39 is 18.0 Å². The lowest BCUT2D eigenvalue weighted by Crippen LogP contribution is -2.22. The molecule has 0 aromatic heterocycles. The highest BCUT2D eigenvalue weighted by molar-refractivity contribution is 5.69. The van der Waals surface area contributed by atoms with Gasteiger partial charge in [-0.15, -0.1) is 0 Å². The Morgan fingerprint density at radius 1 is 1.08 bits per heavy atom. The van der Waals surface area contributed by atoms with Crippen molar-refractivity contribution in [2.75, 3.05) is 6.61 Å². The largest absolute Gasteiger partial charge is 0.461 e. The van der Waals surface area contributed by atoms with Crippen LogP contribution in [0.1, 0.15) is 41.0 Å². The van der Waals surface area contributed by atoms with E-state index in [-0.39, 0.29) is 6.61 Å². The van der Waals surface area contributed by atoms with E-state index in [1.54, 1.807) is 6.08 Å². The Balaban J connectivity index is 5.21. The van der Waals surface area contributed by atoms with Gasteiger partial charge in [-0.05, 0) is 38.5 Å². The van der Waals surface area contributed by atoms with Crippen molar-refractivity contribution in [2.45, 2.75) is 47.1 Å². The molecule has 24 heavy (non-hydrogen) atoms. The summed E-state index contributed by atoms with van der Waals surface area (Å²) in [5.41, 5.74) is 2.32. The summed E-state index contributed by atoms with van der Waals surface area (Å²) in [6, 6.07) is 0. The van der Waals surface area contributed by atoms with Gasteiger partial charge in [-0.2, -0.15) is 0 Å². The van der Waals surface area contributed by atoms with Crippen molar-refractivity contribution in [1.82, 2.24) is 0 Å². The Morgan fingerprint density at radius 2 is 1.75 bits per heavy atom. The smallest absolute Gasteiger partial charge is 0.303 e. The first kappa shape index (κ1) is 21.4. The summed E-state index contributed by atoms with van der Waals surface area (Å²) in [6.07, 6.45) is 5.07. The molecule has 0 N–H and O–H groups in total. The second kappa shape index (κ2) is 11.9. The minimum atomic E-state index is -0.688. The zero-order valence-electron chi connectivity index (χ0n) is 14.8. The molecule has 0 aliphatic carbocycles. The van der Waals surface area contributed by atoms with Gasteiger partial charge in [0.2, 0.25) is 0 Å². The van der Waals surface area contributed by atoms with Gasteiger partial charge in [0.25, 0.3) is 0 Å². The molecule has 0 aliphatic rings. The molecule has 130 valence electrons. The summed E-state index contributed by atoms with van der Waals surface area (Å²) in [7, 11) is 0. The van der Waals surface area contributed by atoms with Gasteiger partial charge in [0.1, 0.15) is 19.0 Å². The lowest BCUT2D eigenvalue weighted by Gasteiger charge is -2.18. The van der Waals surface area contributed by atoms with Crippen LogP contribution in [-0.2, 0) is 23.9 Å². The topological polar surface area (TPSA) is 69.7 Å². The maximum absolute atomic E-state index is 11.3. The van der Waals surface area contributed by atoms with Crippen molar-refractivity contribution in [3.8, 4) is 11.8 Å². The molecular weight excluding hydrogens is 308 g/mol. The van der Waals surface area contributed by atoms with E-state index in [0.29, 0.717) is 18.3 Å². The number of hydrogen-bond acceptors (Lipinski definition) is 5. The average Bonchev–Trinajstić information content (AvgIpc) is 2.47. The fourth-order valence-corrected chi connectivity index (χ4v) is 1.63. The van der Waals surface area contributed by atoms with Crippen LogP contribution >= 0.6 is 0 Å². The highest BCUT2D eigenvalue weighted by atomic mass is 16.6. The quantitative estimate of drug-likeness (QED) is 0.310. The summed E-state index contributed by atoms with van der Waals surface area (Å²) in [5, 5.41) is 0. The molecule has 0 saturated heterocycles. The normalized spacial score (nSPS) is 12.4. The van der Waals surface area contributed by atoms with Gasteiger partial charge in [-0.1, -0.05) is 23.5 Å². The number of hydrogen-bond donors (Lipinski definition) is 0. The predicted octanol–water partition coefficient (Wildman–Crippen LogP) is 2.91. The van der Waals surface area contributed by atoms with Crippen molar-refractivity contribution >= 4 is 18.2 Å². The number of carbonyl (C=O) groups excluding carboxylic acids is 3. The molecule has 0 heterocycles. The van der Waals surface area contributed by atoms with Crippen LogP contribution in [0.5, 0.6) is 0 Å². The first-order chi connectivity index (χ1) is 11.3. The fraction of sp³-hybridized carbons (Fsp3) is 0.421. The first-order valence-corrected chi connectivity index (χ1v) is 7.52. The van der Waals surface area contributed by atoms with Gasteiger partial charge in [0.05, 0.1) is 0 Å². The van der Waals surface area contributed by atoms with Crippen LogP contribution in [0.25, 0.3) is 0 Å². The number of aldehydes is 1. The van der Waals surface area contributed by atoms with Gasteiger partial charge >= 0.3 is 11.9 Å². The standard InChI is InChI=1S/C19H24O5/c1-14(2)7-6-8-15(3)9-10-19(24-17(5)22)18(11-12-20)13-23-16(4)21/h7,9,11-12,19H,10,13H2,1-5H3. The van der Waals surface area contributed by atoms with E-state index in [2.05, 4.69) is 11.8 Å². The van der Waals surface area contributed by atoms with E-state index in [1.165, 1.54) is 19.9 Å². The molecule has 1 unspecified atom stereocenters.